The smallest absolute Gasteiger partial charge is 0.254 e. The number of hydrogen-bond donors (Lipinski definition) is 1. The lowest BCUT2D eigenvalue weighted by molar-refractivity contribution is 0.0706. The first-order valence-corrected chi connectivity index (χ1v) is 7.29. The molecule has 3 nitrogen and oxygen atoms in total. The summed E-state index contributed by atoms with van der Waals surface area (Å²) in [5, 5.41) is 2.69. The van der Waals surface area contributed by atoms with Crippen LogP contribution < -0.4 is 5.32 Å². The molecule has 0 aliphatic rings. The topological polar surface area (TPSA) is 32.3 Å². The summed E-state index contributed by atoms with van der Waals surface area (Å²) in [4.78, 5) is 13.8. The van der Waals surface area contributed by atoms with E-state index in [1.807, 2.05) is 27.7 Å². The Morgan fingerprint density at radius 3 is 2.19 bits per heavy atom. The number of benzene rings is 1. The summed E-state index contributed by atoms with van der Waals surface area (Å²) in [5.41, 5.74) is -0.144. The van der Waals surface area contributed by atoms with Gasteiger partial charge in [-0.2, -0.15) is 0 Å². The van der Waals surface area contributed by atoms with E-state index in [0.29, 0.717) is 6.54 Å². The van der Waals surface area contributed by atoms with Crippen molar-refractivity contribution < 1.29 is 13.6 Å². The van der Waals surface area contributed by atoms with Crippen LogP contribution in [0.4, 0.5) is 14.5 Å². The van der Waals surface area contributed by atoms with Crippen LogP contribution in [0.15, 0.2) is 12.1 Å². The Kier molecular flexibility index (Phi) is 6.12. The van der Waals surface area contributed by atoms with Gasteiger partial charge in [0.05, 0.1) is 0 Å². The summed E-state index contributed by atoms with van der Waals surface area (Å²) in [7, 11) is 1.64. The molecule has 1 unspecified atom stereocenters. The minimum Gasteiger partial charge on any atom is -0.380 e. The van der Waals surface area contributed by atoms with Crippen molar-refractivity contribution in [2.24, 2.45) is 5.92 Å². The molecule has 21 heavy (non-hydrogen) atoms. The first-order valence-electron chi connectivity index (χ1n) is 7.29. The molecule has 0 aliphatic carbocycles. The van der Waals surface area contributed by atoms with Crippen molar-refractivity contribution >= 4 is 11.6 Å². The standard InChI is InChI=1S/C16H24F2N2O/c1-6-7-19-15-13(17)8-12(9-14(15)18)16(21)20(5)11(4)10(2)3/h8-11,19H,6-7H2,1-5H3. The van der Waals surface area contributed by atoms with Crippen LogP contribution >= 0.6 is 0 Å². The molecule has 0 bridgehead atoms. The molecule has 118 valence electrons. The van der Waals surface area contributed by atoms with Crippen molar-refractivity contribution in [3.8, 4) is 0 Å². The summed E-state index contributed by atoms with van der Waals surface area (Å²) in [6, 6.07) is 2.17. The van der Waals surface area contributed by atoms with E-state index in [0.717, 1.165) is 18.6 Å². The van der Waals surface area contributed by atoms with E-state index in [9.17, 15) is 13.6 Å². The normalized spacial score (nSPS) is 12.4. The Hall–Kier alpha value is -1.65. The van der Waals surface area contributed by atoms with Crippen LogP contribution in [0, 0.1) is 17.6 Å². The van der Waals surface area contributed by atoms with Crippen LogP contribution in [-0.2, 0) is 0 Å². The Morgan fingerprint density at radius 1 is 1.24 bits per heavy atom. The molecule has 1 aromatic carbocycles. The van der Waals surface area contributed by atoms with E-state index in [4.69, 9.17) is 0 Å². The van der Waals surface area contributed by atoms with Gasteiger partial charge >= 0.3 is 0 Å². The van der Waals surface area contributed by atoms with Crippen LogP contribution in [0.1, 0.15) is 44.5 Å². The van der Waals surface area contributed by atoms with Crippen molar-refractivity contribution in [1.82, 2.24) is 4.90 Å². The second kappa shape index (κ2) is 7.38. The van der Waals surface area contributed by atoms with E-state index in [1.54, 1.807) is 7.05 Å². The highest BCUT2D eigenvalue weighted by atomic mass is 19.1. The fourth-order valence-electron chi connectivity index (χ4n) is 1.95. The molecule has 0 heterocycles. The largest absolute Gasteiger partial charge is 0.380 e. The lowest BCUT2D eigenvalue weighted by Gasteiger charge is -2.28. The van der Waals surface area contributed by atoms with Gasteiger partial charge in [-0.15, -0.1) is 0 Å². The van der Waals surface area contributed by atoms with Gasteiger partial charge in [0.1, 0.15) is 17.3 Å². The third-order valence-electron chi connectivity index (χ3n) is 3.74. The number of carbonyl (C=O) groups excluding carboxylic acids is 1. The van der Waals surface area contributed by atoms with Gasteiger partial charge in [0.25, 0.3) is 5.91 Å². The van der Waals surface area contributed by atoms with Crippen molar-refractivity contribution in [2.45, 2.75) is 40.2 Å². The van der Waals surface area contributed by atoms with Crippen molar-refractivity contribution in [3.05, 3.63) is 29.3 Å². The number of anilines is 1. The molecular formula is C16H24F2N2O. The fourth-order valence-corrected chi connectivity index (χ4v) is 1.95. The molecule has 1 amide bonds. The van der Waals surface area contributed by atoms with Crippen LogP contribution in [-0.4, -0.2) is 30.4 Å². The predicted molar refractivity (Wildman–Crippen MR) is 81.5 cm³/mol. The monoisotopic (exact) mass is 298 g/mol. The van der Waals surface area contributed by atoms with Gasteiger partial charge in [0.2, 0.25) is 0 Å². The average Bonchev–Trinajstić information content (AvgIpc) is 2.43. The van der Waals surface area contributed by atoms with Gasteiger partial charge in [-0.1, -0.05) is 20.8 Å². The maximum atomic E-state index is 13.9. The van der Waals surface area contributed by atoms with Crippen LogP contribution in [0.25, 0.3) is 0 Å². The number of nitrogens with one attached hydrogen (secondary N) is 1. The summed E-state index contributed by atoms with van der Waals surface area (Å²) >= 11 is 0. The zero-order valence-corrected chi connectivity index (χ0v) is 13.3. The minimum absolute atomic E-state index is 0.0125. The molecular weight excluding hydrogens is 274 g/mol. The van der Waals surface area contributed by atoms with E-state index in [2.05, 4.69) is 5.32 Å². The van der Waals surface area contributed by atoms with Gasteiger partial charge in [0.15, 0.2) is 0 Å². The zero-order valence-electron chi connectivity index (χ0n) is 13.3. The molecule has 0 spiro atoms. The molecule has 1 rings (SSSR count). The molecule has 0 radical (unpaired) electrons. The van der Waals surface area contributed by atoms with Crippen molar-refractivity contribution in [2.75, 3.05) is 18.9 Å². The Bertz CT molecular complexity index is 480. The van der Waals surface area contributed by atoms with Crippen LogP contribution in [0.3, 0.4) is 0 Å². The van der Waals surface area contributed by atoms with Gasteiger partial charge in [-0.05, 0) is 31.4 Å². The highest BCUT2D eigenvalue weighted by Gasteiger charge is 2.22. The number of amides is 1. The van der Waals surface area contributed by atoms with Gasteiger partial charge in [0, 0.05) is 25.2 Å². The Balaban J connectivity index is 3.02. The molecule has 1 atom stereocenters. The number of nitrogens with zero attached hydrogens (tertiary/aromatic N) is 1. The summed E-state index contributed by atoms with van der Waals surface area (Å²) in [6.07, 6.45) is 0.758. The van der Waals surface area contributed by atoms with Crippen molar-refractivity contribution in [3.63, 3.8) is 0 Å². The molecule has 0 aromatic heterocycles. The molecule has 0 fully saturated rings. The van der Waals surface area contributed by atoms with Gasteiger partial charge in [-0.25, -0.2) is 8.78 Å². The summed E-state index contributed by atoms with van der Waals surface area (Å²) in [6.45, 7) is 8.28. The lowest BCUT2D eigenvalue weighted by atomic mass is 10.0. The third kappa shape index (κ3) is 4.16. The molecule has 5 heteroatoms. The number of hydrogen-bond acceptors (Lipinski definition) is 2. The van der Waals surface area contributed by atoms with E-state index in [-0.39, 0.29) is 29.1 Å². The number of carbonyl (C=O) groups is 1. The van der Waals surface area contributed by atoms with Crippen molar-refractivity contribution in [1.29, 1.82) is 0 Å². The highest BCUT2D eigenvalue weighted by molar-refractivity contribution is 5.94. The van der Waals surface area contributed by atoms with Crippen LogP contribution in [0.5, 0.6) is 0 Å². The van der Waals surface area contributed by atoms with E-state index in [1.165, 1.54) is 4.90 Å². The summed E-state index contributed by atoms with van der Waals surface area (Å²) in [5.74, 6) is -1.59. The first-order chi connectivity index (χ1) is 9.79. The predicted octanol–water partition coefficient (Wildman–Crippen LogP) is 3.90. The second-order valence-corrected chi connectivity index (χ2v) is 5.64. The molecule has 0 aliphatic heterocycles. The first kappa shape index (κ1) is 17.4. The highest BCUT2D eigenvalue weighted by Crippen LogP contribution is 2.22. The second-order valence-electron chi connectivity index (χ2n) is 5.64. The summed E-state index contributed by atoms with van der Waals surface area (Å²) < 4.78 is 27.9. The number of rotatable bonds is 6. The zero-order chi connectivity index (χ0) is 16.2. The van der Waals surface area contributed by atoms with E-state index >= 15 is 0 Å². The molecule has 1 N–H and O–H groups in total. The Morgan fingerprint density at radius 2 is 1.76 bits per heavy atom. The van der Waals surface area contributed by atoms with Crippen LogP contribution in [0.2, 0.25) is 0 Å². The lowest BCUT2D eigenvalue weighted by Crippen LogP contribution is -2.38. The van der Waals surface area contributed by atoms with E-state index < -0.39 is 11.6 Å². The van der Waals surface area contributed by atoms with Gasteiger partial charge in [-0.3, -0.25) is 4.79 Å². The molecule has 1 aromatic rings. The van der Waals surface area contributed by atoms with Gasteiger partial charge < -0.3 is 10.2 Å². The fraction of sp³-hybridized carbons (Fsp3) is 0.562. The quantitative estimate of drug-likeness (QED) is 0.863. The Labute approximate surface area is 125 Å². The average molecular weight is 298 g/mol. The number of halogens is 2. The molecule has 0 saturated carbocycles. The maximum Gasteiger partial charge on any atom is 0.254 e. The minimum atomic E-state index is -0.739. The molecule has 0 saturated heterocycles. The maximum absolute atomic E-state index is 13.9. The third-order valence-corrected chi connectivity index (χ3v) is 3.74. The SMILES string of the molecule is CCCNc1c(F)cc(C(=O)N(C)C(C)C(C)C)cc1F.